The summed E-state index contributed by atoms with van der Waals surface area (Å²) in [7, 11) is 0. The van der Waals surface area contributed by atoms with Gasteiger partial charge < -0.3 is 13.9 Å². The summed E-state index contributed by atoms with van der Waals surface area (Å²) in [6.07, 6.45) is 0. The van der Waals surface area contributed by atoms with Crippen molar-refractivity contribution in [2.45, 2.75) is 19.3 Å². The average Bonchev–Trinajstić information content (AvgIpc) is 4.29. The normalized spacial score (nSPS) is 12.6. The van der Waals surface area contributed by atoms with E-state index in [9.17, 15) is 0 Å². The third-order valence-corrected chi connectivity index (χ3v) is 16.4. The lowest BCUT2D eigenvalue weighted by Gasteiger charge is -2.35. The van der Waals surface area contributed by atoms with Crippen LogP contribution in [0.2, 0.25) is 0 Å². The van der Waals surface area contributed by atoms with Crippen LogP contribution in [0.25, 0.3) is 93.9 Å². The first-order valence-electron chi connectivity index (χ1n) is 27.0. The number of fused-ring (bicyclic) bond motifs is 9. The summed E-state index contributed by atoms with van der Waals surface area (Å²) in [6.45, 7) is 4.34. The lowest BCUT2D eigenvalue weighted by Crippen LogP contribution is -2.29. The standard InChI is InChI=1S/C75H52N2O/c1-49-23-39-71-65(43-49)66-45-55(56-30-42-74-68(46-56)67-44-50(2)24-41-73(67)78-74)29-40-72(66)77(71)62-36-38-64-63-37-35-61(47-69(63)75(70(64)48-62,57-19-11-5-12-20-57)58-21-13-6-14-22-58)76(59-31-25-53(26-32-59)51-15-7-3-8-16-51)60-33-27-54(28-34-60)52-17-9-4-10-18-52/h3-48H,1-2H3. The Morgan fingerprint density at radius 2 is 0.731 bits per heavy atom. The molecule has 0 saturated heterocycles. The van der Waals surface area contributed by atoms with Gasteiger partial charge in [-0.05, 0) is 178 Å². The molecule has 0 N–H and O–H groups in total. The number of anilines is 3. The number of aryl methyl sites for hydroxylation is 2. The van der Waals surface area contributed by atoms with E-state index in [2.05, 4.69) is 302 Å². The molecule has 0 spiro atoms. The fourth-order valence-electron chi connectivity index (χ4n) is 12.7. The van der Waals surface area contributed by atoms with Crippen molar-refractivity contribution in [2.75, 3.05) is 4.90 Å². The average molecular weight is 997 g/mol. The van der Waals surface area contributed by atoms with Crippen LogP contribution in [0, 0.1) is 13.8 Å². The first-order valence-corrected chi connectivity index (χ1v) is 27.0. The molecule has 2 heterocycles. The van der Waals surface area contributed by atoms with Crippen LogP contribution in [0.1, 0.15) is 33.4 Å². The van der Waals surface area contributed by atoms with Crippen LogP contribution in [0.3, 0.4) is 0 Å². The molecule has 0 atom stereocenters. The zero-order chi connectivity index (χ0) is 51.9. The number of hydrogen-bond acceptors (Lipinski definition) is 2. The Morgan fingerprint density at radius 1 is 0.321 bits per heavy atom. The van der Waals surface area contributed by atoms with Gasteiger partial charge in [0.1, 0.15) is 11.2 Å². The Bertz CT molecular complexity index is 4470. The molecule has 14 aromatic rings. The van der Waals surface area contributed by atoms with Crippen LogP contribution in [-0.2, 0) is 5.41 Å². The van der Waals surface area contributed by atoms with E-state index in [-0.39, 0.29) is 0 Å². The Morgan fingerprint density at radius 3 is 1.32 bits per heavy atom. The quantitative estimate of drug-likeness (QED) is 0.144. The van der Waals surface area contributed by atoms with Crippen molar-refractivity contribution in [3.63, 3.8) is 0 Å². The van der Waals surface area contributed by atoms with Gasteiger partial charge in [-0.1, -0.05) is 193 Å². The number of rotatable bonds is 9. The molecule has 1 aliphatic rings. The molecule has 12 aromatic carbocycles. The van der Waals surface area contributed by atoms with Gasteiger partial charge in [0, 0.05) is 44.3 Å². The molecule has 3 heteroatoms. The predicted octanol–water partition coefficient (Wildman–Crippen LogP) is 20.1. The van der Waals surface area contributed by atoms with Gasteiger partial charge in [-0.25, -0.2) is 0 Å². The molecule has 368 valence electrons. The minimum absolute atomic E-state index is 0.670. The molecule has 0 amide bonds. The maximum absolute atomic E-state index is 6.30. The van der Waals surface area contributed by atoms with Crippen LogP contribution < -0.4 is 4.90 Å². The van der Waals surface area contributed by atoms with E-state index in [1.807, 2.05) is 0 Å². The van der Waals surface area contributed by atoms with Gasteiger partial charge in [0.25, 0.3) is 0 Å². The smallest absolute Gasteiger partial charge is 0.135 e. The predicted molar refractivity (Wildman–Crippen MR) is 326 cm³/mol. The van der Waals surface area contributed by atoms with E-state index in [4.69, 9.17) is 4.42 Å². The number of furan rings is 1. The lowest BCUT2D eigenvalue weighted by atomic mass is 9.67. The summed E-state index contributed by atoms with van der Waals surface area (Å²) in [5.41, 5.74) is 24.8. The highest BCUT2D eigenvalue weighted by Crippen LogP contribution is 2.58. The number of aromatic nitrogens is 1. The highest BCUT2D eigenvalue weighted by atomic mass is 16.3. The third-order valence-electron chi connectivity index (χ3n) is 16.4. The van der Waals surface area contributed by atoms with Crippen molar-refractivity contribution in [1.29, 1.82) is 0 Å². The summed E-state index contributed by atoms with van der Waals surface area (Å²) in [5, 5.41) is 4.74. The Labute approximate surface area is 454 Å². The van der Waals surface area contributed by atoms with Crippen LogP contribution in [0.4, 0.5) is 17.1 Å². The Balaban J connectivity index is 0.919. The molecule has 0 radical (unpaired) electrons. The first kappa shape index (κ1) is 45.4. The summed E-state index contributed by atoms with van der Waals surface area (Å²) in [4.78, 5) is 2.42. The Hall–Kier alpha value is -9.96. The fraction of sp³-hybridized carbons (Fsp3) is 0.0400. The zero-order valence-corrected chi connectivity index (χ0v) is 43.4. The molecule has 0 saturated carbocycles. The van der Waals surface area contributed by atoms with E-state index < -0.39 is 5.41 Å². The molecule has 0 unspecified atom stereocenters. The van der Waals surface area contributed by atoms with Gasteiger partial charge >= 0.3 is 0 Å². The minimum atomic E-state index is -0.670. The van der Waals surface area contributed by atoms with Gasteiger partial charge in [0.05, 0.1) is 16.4 Å². The van der Waals surface area contributed by atoms with Crippen molar-refractivity contribution in [1.82, 2.24) is 4.57 Å². The van der Waals surface area contributed by atoms with Crippen molar-refractivity contribution in [3.05, 3.63) is 312 Å². The van der Waals surface area contributed by atoms with E-state index in [0.717, 1.165) is 44.7 Å². The van der Waals surface area contributed by atoms with E-state index in [1.54, 1.807) is 0 Å². The maximum Gasteiger partial charge on any atom is 0.135 e. The van der Waals surface area contributed by atoms with E-state index in [0.29, 0.717) is 0 Å². The molecule has 0 aliphatic heterocycles. The van der Waals surface area contributed by atoms with Crippen molar-refractivity contribution < 1.29 is 4.42 Å². The van der Waals surface area contributed by atoms with Crippen molar-refractivity contribution in [3.8, 4) is 50.2 Å². The van der Waals surface area contributed by atoms with Crippen molar-refractivity contribution >= 4 is 60.8 Å². The second-order valence-corrected chi connectivity index (χ2v) is 21.0. The molecule has 0 fully saturated rings. The highest BCUT2D eigenvalue weighted by Gasteiger charge is 2.47. The summed E-state index contributed by atoms with van der Waals surface area (Å²) < 4.78 is 8.78. The molecule has 15 rings (SSSR count). The summed E-state index contributed by atoms with van der Waals surface area (Å²) in [6, 6.07) is 103. The monoisotopic (exact) mass is 996 g/mol. The van der Waals surface area contributed by atoms with Crippen LogP contribution in [0.5, 0.6) is 0 Å². The second kappa shape index (κ2) is 18.1. The molecule has 2 aromatic heterocycles. The SMILES string of the molecule is Cc1ccc2oc3ccc(-c4ccc5c(c4)c4cc(C)ccc4n5-c4ccc5c(c4)C(c4ccccc4)(c4ccccc4)c4cc(N(c6ccc(-c7ccccc7)cc6)c6ccc(-c7ccccc7)cc6)ccc4-5)cc3c2c1. The largest absolute Gasteiger partial charge is 0.456 e. The van der Waals surface area contributed by atoms with Gasteiger partial charge in [-0.3, -0.25) is 0 Å². The maximum atomic E-state index is 6.30. The second-order valence-electron chi connectivity index (χ2n) is 21.0. The van der Waals surface area contributed by atoms with Crippen LogP contribution >= 0.6 is 0 Å². The van der Waals surface area contributed by atoms with E-state index >= 15 is 0 Å². The molecule has 0 bridgehead atoms. The lowest BCUT2D eigenvalue weighted by molar-refractivity contribution is 0.669. The van der Waals surface area contributed by atoms with Gasteiger partial charge in [-0.2, -0.15) is 0 Å². The number of benzene rings is 12. The summed E-state index contributed by atoms with van der Waals surface area (Å²) >= 11 is 0. The number of hydrogen-bond donors (Lipinski definition) is 0. The van der Waals surface area contributed by atoms with Gasteiger partial charge in [0.15, 0.2) is 0 Å². The van der Waals surface area contributed by atoms with Gasteiger partial charge in [0.2, 0.25) is 0 Å². The van der Waals surface area contributed by atoms with Crippen LogP contribution in [0.15, 0.2) is 283 Å². The zero-order valence-electron chi connectivity index (χ0n) is 43.4. The Kier molecular flexibility index (Phi) is 10.6. The molecular weight excluding hydrogens is 945 g/mol. The minimum Gasteiger partial charge on any atom is -0.456 e. The highest BCUT2D eigenvalue weighted by molar-refractivity contribution is 6.12. The molecule has 1 aliphatic carbocycles. The molecular formula is C75H52N2O. The van der Waals surface area contributed by atoms with Crippen LogP contribution in [-0.4, -0.2) is 4.57 Å². The molecule has 78 heavy (non-hydrogen) atoms. The fourth-order valence-corrected chi connectivity index (χ4v) is 12.7. The first-order chi connectivity index (χ1) is 38.5. The topological polar surface area (TPSA) is 21.3 Å². The van der Waals surface area contributed by atoms with E-state index in [1.165, 1.54) is 99.7 Å². The third kappa shape index (κ3) is 7.27. The molecule has 3 nitrogen and oxygen atoms in total. The number of nitrogens with zero attached hydrogens (tertiary/aromatic N) is 2. The summed E-state index contributed by atoms with van der Waals surface area (Å²) in [5.74, 6) is 0. The van der Waals surface area contributed by atoms with Crippen molar-refractivity contribution in [2.24, 2.45) is 0 Å². The van der Waals surface area contributed by atoms with Gasteiger partial charge in [-0.15, -0.1) is 0 Å².